The van der Waals surface area contributed by atoms with Gasteiger partial charge in [-0.1, -0.05) is 12.2 Å². The third kappa shape index (κ3) is 2.67. The van der Waals surface area contributed by atoms with E-state index >= 15 is 0 Å². The van der Waals surface area contributed by atoms with Gasteiger partial charge in [-0.25, -0.2) is 0 Å². The molecule has 1 heterocycles. The molecule has 0 aromatic rings. The molecule has 1 nitrogen and oxygen atoms in total. The lowest BCUT2D eigenvalue weighted by atomic mass is 9.86. The number of rotatable bonds is 2. The van der Waals surface area contributed by atoms with E-state index < -0.39 is 0 Å². The summed E-state index contributed by atoms with van der Waals surface area (Å²) in [6, 6.07) is 0. The Morgan fingerprint density at radius 2 is 1.87 bits per heavy atom. The Kier molecular flexibility index (Phi) is 3.42. The van der Waals surface area contributed by atoms with E-state index in [2.05, 4.69) is 47.5 Å². The maximum absolute atomic E-state index is 6.13. The number of hydrogen-bond donors (Lipinski definition) is 0. The molecule has 0 amide bonds. The van der Waals surface area contributed by atoms with Crippen molar-refractivity contribution in [2.45, 2.75) is 52.2 Å². The molecule has 0 spiro atoms. The molecule has 0 atom stereocenters. The van der Waals surface area contributed by atoms with Gasteiger partial charge in [0, 0.05) is 11.3 Å². The second-order valence-electron chi connectivity index (χ2n) is 5.34. The van der Waals surface area contributed by atoms with Gasteiger partial charge in [-0.15, -0.1) is 11.8 Å². The van der Waals surface area contributed by atoms with Crippen molar-refractivity contribution in [3.63, 3.8) is 0 Å². The minimum absolute atomic E-state index is 0.0863. The van der Waals surface area contributed by atoms with Gasteiger partial charge in [0.05, 0.1) is 11.2 Å². The average Bonchev–Trinajstić information content (AvgIpc) is 1.98. The van der Waals surface area contributed by atoms with E-state index in [-0.39, 0.29) is 11.2 Å². The van der Waals surface area contributed by atoms with Crippen LogP contribution in [0.25, 0.3) is 0 Å². The molecule has 1 aliphatic rings. The Labute approximate surface area is 98.0 Å². The van der Waals surface area contributed by atoms with Crippen LogP contribution >= 0.6 is 11.8 Å². The molecule has 0 fully saturated rings. The van der Waals surface area contributed by atoms with E-state index in [4.69, 9.17) is 4.74 Å². The summed E-state index contributed by atoms with van der Waals surface area (Å²) < 4.78 is 6.13. The minimum Gasteiger partial charge on any atom is -0.364 e. The SMILES string of the molecule is C=C(C)C1=C(SC)C(C)(C)OC(C)(C)C1. The number of allylic oxidation sites excluding steroid dienone is 1. The lowest BCUT2D eigenvalue weighted by molar-refractivity contribution is -0.107. The quantitative estimate of drug-likeness (QED) is 0.699. The van der Waals surface area contributed by atoms with Gasteiger partial charge >= 0.3 is 0 Å². The summed E-state index contributed by atoms with van der Waals surface area (Å²) in [5, 5.41) is 0. The van der Waals surface area contributed by atoms with E-state index in [9.17, 15) is 0 Å². The summed E-state index contributed by atoms with van der Waals surface area (Å²) in [5.41, 5.74) is 2.28. The molecule has 0 N–H and O–H groups in total. The Balaban J connectivity index is 3.25. The van der Waals surface area contributed by atoms with E-state index in [0.29, 0.717) is 0 Å². The summed E-state index contributed by atoms with van der Waals surface area (Å²) in [6.07, 6.45) is 3.07. The zero-order valence-electron chi connectivity index (χ0n) is 10.7. The summed E-state index contributed by atoms with van der Waals surface area (Å²) in [5.74, 6) is 0. The van der Waals surface area contributed by atoms with Gasteiger partial charge in [0.1, 0.15) is 0 Å². The maximum atomic E-state index is 6.13. The predicted molar refractivity (Wildman–Crippen MR) is 69.2 cm³/mol. The number of thioether (sulfide) groups is 1. The second-order valence-corrected chi connectivity index (χ2v) is 6.16. The van der Waals surface area contributed by atoms with Crippen molar-refractivity contribution in [1.29, 1.82) is 0 Å². The Hall–Kier alpha value is -0.210. The van der Waals surface area contributed by atoms with Crippen LogP contribution in [0.5, 0.6) is 0 Å². The molecule has 2 heteroatoms. The minimum atomic E-state index is -0.185. The van der Waals surface area contributed by atoms with E-state index in [1.54, 1.807) is 11.8 Å². The zero-order chi connectivity index (χ0) is 11.9. The van der Waals surface area contributed by atoms with Crippen molar-refractivity contribution in [1.82, 2.24) is 0 Å². The fraction of sp³-hybridized carbons (Fsp3) is 0.692. The third-order valence-electron chi connectivity index (χ3n) is 2.67. The van der Waals surface area contributed by atoms with Crippen molar-refractivity contribution >= 4 is 11.8 Å². The Morgan fingerprint density at radius 1 is 1.33 bits per heavy atom. The smallest absolute Gasteiger partial charge is 0.0943 e. The van der Waals surface area contributed by atoms with Crippen molar-refractivity contribution in [2.24, 2.45) is 0 Å². The molecular weight excluding hydrogens is 204 g/mol. The third-order valence-corrected chi connectivity index (χ3v) is 3.82. The molecule has 15 heavy (non-hydrogen) atoms. The highest BCUT2D eigenvalue weighted by atomic mass is 32.2. The van der Waals surface area contributed by atoms with E-state index in [0.717, 1.165) is 6.42 Å². The highest BCUT2D eigenvalue weighted by molar-refractivity contribution is 8.02. The van der Waals surface area contributed by atoms with Crippen LogP contribution in [-0.4, -0.2) is 17.5 Å². The molecule has 0 aliphatic carbocycles. The fourth-order valence-electron chi connectivity index (χ4n) is 2.36. The van der Waals surface area contributed by atoms with Crippen LogP contribution in [-0.2, 0) is 4.74 Å². The topological polar surface area (TPSA) is 9.23 Å². The molecule has 1 aliphatic heterocycles. The van der Waals surface area contributed by atoms with E-state index in [1.165, 1.54) is 16.1 Å². The van der Waals surface area contributed by atoms with Crippen LogP contribution in [0.15, 0.2) is 22.6 Å². The standard InChI is InChI=1S/C13H22OS/c1-9(2)10-8-12(3,4)14-13(5,6)11(10)15-7/h1,8H2,2-7H3. The van der Waals surface area contributed by atoms with E-state index in [1.807, 2.05) is 0 Å². The van der Waals surface area contributed by atoms with Gasteiger partial charge in [0.25, 0.3) is 0 Å². The van der Waals surface area contributed by atoms with Crippen LogP contribution in [0, 0.1) is 0 Å². The number of ether oxygens (including phenoxy) is 1. The summed E-state index contributed by atoms with van der Waals surface area (Å²) >= 11 is 1.78. The molecule has 86 valence electrons. The van der Waals surface area contributed by atoms with Gasteiger partial charge in [-0.3, -0.25) is 0 Å². The molecule has 0 aromatic carbocycles. The Bertz CT molecular complexity index is 310. The Morgan fingerprint density at radius 3 is 2.27 bits per heavy atom. The molecule has 0 unspecified atom stereocenters. The first-order valence-corrected chi connectivity index (χ1v) is 6.56. The molecular formula is C13H22OS. The maximum Gasteiger partial charge on any atom is 0.0943 e. The molecule has 0 saturated heterocycles. The van der Waals surface area contributed by atoms with Crippen LogP contribution in [0.2, 0.25) is 0 Å². The first-order chi connectivity index (χ1) is 6.69. The largest absolute Gasteiger partial charge is 0.364 e. The van der Waals surface area contributed by atoms with Gasteiger partial charge in [-0.05, 0) is 46.4 Å². The van der Waals surface area contributed by atoms with Gasteiger partial charge in [-0.2, -0.15) is 0 Å². The highest BCUT2D eigenvalue weighted by Gasteiger charge is 2.39. The second kappa shape index (κ2) is 3.99. The van der Waals surface area contributed by atoms with Crippen LogP contribution in [0.4, 0.5) is 0 Å². The van der Waals surface area contributed by atoms with Crippen LogP contribution in [0.3, 0.4) is 0 Å². The summed E-state index contributed by atoms with van der Waals surface area (Å²) in [6.45, 7) is 14.7. The normalized spacial score (nSPS) is 24.1. The van der Waals surface area contributed by atoms with Crippen molar-refractivity contribution in [3.05, 3.63) is 22.6 Å². The molecule has 0 aromatic heterocycles. The van der Waals surface area contributed by atoms with Crippen molar-refractivity contribution in [3.8, 4) is 0 Å². The van der Waals surface area contributed by atoms with Gasteiger partial charge < -0.3 is 4.74 Å². The monoisotopic (exact) mass is 226 g/mol. The van der Waals surface area contributed by atoms with Gasteiger partial charge in [0.2, 0.25) is 0 Å². The van der Waals surface area contributed by atoms with Crippen LogP contribution in [0.1, 0.15) is 41.0 Å². The fourth-order valence-corrected chi connectivity index (χ4v) is 3.38. The molecule has 0 radical (unpaired) electrons. The van der Waals surface area contributed by atoms with Gasteiger partial charge in [0.15, 0.2) is 0 Å². The van der Waals surface area contributed by atoms with Crippen molar-refractivity contribution < 1.29 is 4.74 Å². The zero-order valence-corrected chi connectivity index (χ0v) is 11.5. The lowest BCUT2D eigenvalue weighted by Gasteiger charge is -2.44. The van der Waals surface area contributed by atoms with Crippen molar-refractivity contribution in [2.75, 3.05) is 6.26 Å². The summed E-state index contributed by atoms with van der Waals surface area (Å²) in [4.78, 5) is 1.33. The molecule has 1 rings (SSSR count). The summed E-state index contributed by atoms with van der Waals surface area (Å²) in [7, 11) is 0. The van der Waals surface area contributed by atoms with Crippen LogP contribution < -0.4 is 0 Å². The predicted octanol–water partition coefficient (Wildman–Crippen LogP) is 4.16. The highest BCUT2D eigenvalue weighted by Crippen LogP contribution is 2.45. The first-order valence-electron chi connectivity index (χ1n) is 5.33. The number of hydrogen-bond acceptors (Lipinski definition) is 2. The lowest BCUT2D eigenvalue weighted by Crippen LogP contribution is -2.42. The molecule has 0 saturated carbocycles. The first kappa shape index (κ1) is 12.9. The average molecular weight is 226 g/mol. The molecule has 0 bridgehead atoms.